The summed E-state index contributed by atoms with van der Waals surface area (Å²) in [6.07, 6.45) is 4.53. The van der Waals surface area contributed by atoms with E-state index in [0.29, 0.717) is 41.2 Å². The lowest BCUT2D eigenvalue weighted by Crippen LogP contribution is -2.54. The number of carbonyl (C=O) groups excluding carboxylic acids is 1. The minimum Gasteiger partial charge on any atom is -0.493 e. The maximum Gasteiger partial charge on any atom is 0.222 e. The third-order valence-corrected chi connectivity index (χ3v) is 7.46. The average Bonchev–Trinajstić information content (AvgIpc) is 2.92. The summed E-state index contributed by atoms with van der Waals surface area (Å²) < 4.78 is 17.3. The molecular weight excluding hydrogens is 466 g/mol. The highest BCUT2D eigenvalue weighted by Crippen LogP contribution is 2.35. The third-order valence-electron chi connectivity index (χ3n) is 7.46. The fraction of sp³-hybridized carbons (Fsp3) is 0.533. The summed E-state index contributed by atoms with van der Waals surface area (Å²) in [6, 6.07) is 15.5. The number of hydrogen-bond donors (Lipinski definition) is 0. The molecule has 7 heteroatoms. The third kappa shape index (κ3) is 6.95. The Morgan fingerprint density at radius 1 is 1.03 bits per heavy atom. The number of hydrogen-bond acceptors (Lipinski definition) is 6. The molecule has 2 aliphatic heterocycles. The number of ether oxygens (including phenoxy) is 3. The van der Waals surface area contributed by atoms with E-state index in [0.717, 1.165) is 63.3 Å². The summed E-state index contributed by atoms with van der Waals surface area (Å²) >= 11 is 0. The van der Waals surface area contributed by atoms with Gasteiger partial charge in [-0.2, -0.15) is 5.26 Å². The molecule has 0 aromatic heterocycles. The molecule has 1 amide bonds. The zero-order valence-corrected chi connectivity index (χ0v) is 22.3. The van der Waals surface area contributed by atoms with Crippen LogP contribution in [-0.2, 0) is 4.79 Å². The lowest BCUT2D eigenvalue weighted by molar-refractivity contribution is -0.135. The molecule has 198 valence electrons. The lowest BCUT2D eigenvalue weighted by Gasteiger charge is -2.46. The molecule has 0 N–H and O–H groups in total. The van der Waals surface area contributed by atoms with E-state index in [9.17, 15) is 10.1 Å². The lowest BCUT2D eigenvalue weighted by atomic mass is 9.84. The van der Waals surface area contributed by atoms with Crippen LogP contribution in [0.15, 0.2) is 42.5 Å². The summed E-state index contributed by atoms with van der Waals surface area (Å²) in [4.78, 5) is 17.1. The second-order valence-electron chi connectivity index (χ2n) is 10.3. The van der Waals surface area contributed by atoms with Gasteiger partial charge in [-0.05, 0) is 73.9 Å². The molecule has 37 heavy (non-hydrogen) atoms. The van der Waals surface area contributed by atoms with Gasteiger partial charge in [0.15, 0.2) is 11.5 Å². The van der Waals surface area contributed by atoms with Crippen LogP contribution in [0.2, 0.25) is 0 Å². The highest BCUT2D eigenvalue weighted by Gasteiger charge is 2.35. The summed E-state index contributed by atoms with van der Waals surface area (Å²) in [5.41, 5.74) is 1.69. The summed E-state index contributed by atoms with van der Waals surface area (Å²) in [7, 11) is 3.24. The molecule has 4 rings (SSSR count). The van der Waals surface area contributed by atoms with Crippen molar-refractivity contribution in [3.8, 4) is 23.3 Å². The van der Waals surface area contributed by atoms with Crippen molar-refractivity contribution < 1.29 is 19.0 Å². The van der Waals surface area contributed by atoms with Crippen molar-refractivity contribution in [2.45, 2.75) is 45.1 Å². The number of piperidine rings is 2. The quantitative estimate of drug-likeness (QED) is 0.425. The van der Waals surface area contributed by atoms with Gasteiger partial charge in [-0.25, -0.2) is 0 Å². The van der Waals surface area contributed by atoms with E-state index >= 15 is 0 Å². The van der Waals surface area contributed by atoms with Crippen LogP contribution >= 0.6 is 0 Å². The van der Waals surface area contributed by atoms with Crippen LogP contribution in [0.25, 0.3) is 0 Å². The van der Waals surface area contributed by atoms with Crippen LogP contribution in [-0.4, -0.2) is 62.7 Å². The molecule has 3 unspecified atom stereocenters. The van der Waals surface area contributed by atoms with Gasteiger partial charge in [0, 0.05) is 38.7 Å². The van der Waals surface area contributed by atoms with E-state index < -0.39 is 0 Å². The number of methoxy groups -OCH3 is 2. The molecule has 2 bridgehead atoms. The van der Waals surface area contributed by atoms with Gasteiger partial charge in [0.25, 0.3) is 0 Å². The Kier molecular flexibility index (Phi) is 9.29. The van der Waals surface area contributed by atoms with E-state index in [1.165, 1.54) is 6.42 Å². The van der Waals surface area contributed by atoms with Crippen molar-refractivity contribution in [2.24, 2.45) is 11.8 Å². The predicted octanol–water partition coefficient (Wildman–Crippen LogP) is 5.06. The molecule has 2 aliphatic rings. The SMILES string of the molecule is CCCC(=O)N1CC2CC(CN(CCCC(Oc3ccc(OC)c(OC)c3)c3ccc(C#N)cc3)C2)C1. The Bertz CT molecular complexity index is 1070. The maximum absolute atomic E-state index is 12.4. The molecule has 2 fully saturated rings. The Hall–Kier alpha value is -3.24. The summed E-state index contributed by atoms with van der Waals surface area (Å²) in [5, 5.41) is 9.20. The largest absolute Gasteiger partial charge is 0.493 e. The second kappa shape index (κ2) is 12.8. The maximum atomic E-state index is 12.4. The zero-order valence-electron chi connectivity index (χ0n) is 22.3. The van der Waals surface area contributed by atoms with Gasteiger partial charge >= 0.3 is 0 Å². The van der Waals surface area contributed by atoms with Crippen LogP contribution in [0.1, 0.15) is 56.3 Å². The van der Waals surface area contributed by atoms with Crippen molar-refractivity contribution in [3.63, 3.8) is 0 Å². The minimum atomic E-state index is -0.141. The van der Waals surface area contributed by atoms with Gasteiger partial charge in [0.1, 0.15) is 11.9 Å². The fourth-order valence-electron chi connectivity index (χ4n) is 5.77. The van der Waals surface area contributed by atoms with Crippen molar-refractivity contribution in [3.05, 3.63) is 53.6 Å². The zero-order chi connectivity index (χ0) is 26.2. The van der Waals surface area contributed by atoms with Gasteiger partial charge < -0.3 is 24.0 Å². The van der Waals surface area contributed by atoms with E-state index in [1.54, 1.807) is 14.2 Å². The van der Waals surface area contributed by atoms with Crippen molar-refractivity contribution in [2.75, 3.05) is 46.9 Å². The first-order valence-corrected chi connectivity index (χ1v) is 13.4. The van der Waals surface area contributed by atoms with Crippen LogP contribution in [0.4, 0.5) is 0 Å². The van der Waals surface area contributed by atoms with E-state index in [4.69, 9.17) is 14.2 Å². The minimum absolute atomic E-state index is 0.141. The number of nitriles is 1. The molecule has 0 saturated carbocycles. The van der Waals surface area contributed by atoms with Gasteiger partial charge in [-0.1, -0.05) is 19.1 Å². The molecule has 2 aromatic rings. The topological polar surface area (TPSA) is 75.0 Å². The van der Waals surface area contributed by atoms with E-state index in [1.807, 2.05) is 42.5 Å². The van der Waals surface area contributed by atoms with Crippen molar-refractivity contribution in [1.82, 2.24) is 9.80 Å². The summed E-state index contributed by atoms with van der Waals surface area (Å²) in [6.45, 7) is 7.02. The number of amides is 1. The number of fused-ring (bicyclic) bond motifs is 2. The van der Waals surface area contributed by atoms with Gasteiger partial charge in [0.05, 0.1) is 25.9 Å². The Morgan fingerprint density at radius 2 is 1.73 bits per heavy atom. The van der Waals surface area contributed by atoms with Gasteiger partial charge in [0.2, 0.25) is 5.91 Å². The Labute approximate surface area is 220 Å². The molecule has 0 aliphatic carbocycles. The van der Waals surface area contributed by atoms with Gasteiger partial charge in [-0.3, -0.25) is 4.79 Å². The first-order valence-electron chi connectivity index (χ1n) is 13.4. The monoisotopic (exact) mass is 505 g/mol. The molecule has 2 heterocycles. The normalized spacial score (nSPS) is 20.1. The Balaban J connectivity index is 1.38. The van der Waals surface area contributed by atoms with E-state index in [-0.39, 0.29) is 6.10 Å². The van der Waals surface area contributed by atoms with Crippen LogP contribution < -0.4 is 14.2 Å². The molecule has 0 spiro atoms. The number of rotatable bonds is 11. The second-order valence-corrected chi connectivity index (χ2v) is 10.3. The first-order chi connectivity index (χ1) is 18.0. The van der Waals surface area contributed by atoms with E-state index in [2.05, 4.69) is 22.8 Å². The number of carbonyl (C=O) groups is 1. The van der Waals surface area contributed by atoms with Gasteiger partial charge in [-0.15, -0.1) is 0 Å². The predicted molar refractivity (Wildman–Crippen MR) is 143 cm³/mol. The first kappa shape index (κ1) is 26.8. The molecule has 2 aromatic carbocycles. The van der Waals surface area contributed by atoms with Crippen molar-refractivity contribution >= 4 is 5.91 Å². The van der Waals surface area contributed by atoms with Crippen molar-refractivity contribution in [1.29, 1.82) is 5.26 Å². The smallest absolute Gasteiger partial charge is 0.222 e. The number of benzene rings is 2. The summed E-state index contributed by atoms with van der Waals surface area (Å²) in [5.74, 6) is 3.48. The average molecular weight is 506 g/mol. The fourth-order valence-corrected chi connectivity index (χ4v) is 5.77. The van der Waals surface area contributed by atoms with Crippen LogP contribution in [0.5, 0.6) is 17.2 Å². The number of likely N-dealkylation sites (tertiary alicyclic amines) is 2. The Morgan fingerprint density at radius 3 is 2.35 bits per heavy atom. The molecule has 2 saturated heterocycles. The molecule has 0 radical (unpaired) electrons. The number of nitrogens with zero attached hydrogens (tertiary/aromatic N) is 3. The van der Waals surface area contributed by atoms with Crippen LogP contribution in [0, 0.1) is 23.2 Å². The van der Waals surface area contributed by atoms with Crippen LogP contribution in [0.3, 0.4) is 0 Å². The highest BCUT2D eigenvalue weighted by molar-refractivity contribution is 5.76. The molecule has 7 nitrogen and oxygen atoms in total. The molecular formula is C30H39N3O4. The molecule has 3 atom stereocenters. The highest BCUT2D eigenvalue weighted by atomic mass is 16.5. The standard InChI is InChI=1S/C30H39N3O4/c1-4-6-30(34)33-20-23-15-24(21-33)19-32(18-23)14-5-7-27(25-10-8-22(17-31)9-11-25)37-26-12-13-28(35-2)29(16-26)36-3/h8-13,16,23-24,27H,4-7,14-15,18-21H2,1-3H3.